The lowest BCUT2D eigenvalue weighted by Crippen LogP contribution is -2.03. The van der Waals surface area contributed by atoms with Gasteiger partial charge in [-0.2, -0.15) is 0 Å². The molecule has 0 aliphatic rings. The number of aryl methyl sites for hydroxylation is 2. The summed E-state index contributed by atoms with van der Waals surface area (Å²) in [7, 11) is 0. The average molecular weight is 514 g/mol. The fraction of sp³-hybridized carbons (Fsp3) is 0.833. The molecule has 0 aliphatic heterocycles. The van der Waals surface area contributed by atoms with Crippen LogP contribution in [0.4, 0.5) is 5.69 Å². The van der Waals surface area contributed by atoms with E-state index in [0.717, 1.165) is 6.54 Å². The van der Waals surface area contributed by atoms with Gasteiger partial charge >= 0.3 is 0 Å². The second kappa shape index (κ2) is 26.6. The predicted molar refractivity (Wildman–Crippen MR) is 170 cm³/mol. The number of anilines is 1. The minimum Gasteiger partial charge on any atom is -0.385 e. The molecule has 0 heterocycles. The normalized spacial score (nSPS) is 11.3. The highest BCUT2D eigenvalue weighted by molar-refractivity contribution is 5.49. The Morgan fingerprint density at radius 2 is 0.703 bits per heavy atom. The lowest BCUT2D eigenvalue weighted by molar-refractivity contribution is 0.574. The molecule has 216 valence electrons. The van der Waals surface area contributed by atoms with Crippen molar-refractivity contribution in [3.63, 3.8) is 0 Å². The van der Waals surface area contributed by atoms with Gasteiger partial charge in [-0.15, -0.1) is 0 Å². The van der Waals surface area contributed by atoms with Crippen molar-refractivity contribution < 1.29 is 0 Å². The van der Waals surface area contributed by atoms with Gasteiger partial charge in [-0.25, -0.2) is 0 Å². The van der Waals surface area contributed by atoms with Crippen molar-refractivity contribution in [3.8, 4) is 0 Å². The van der Waals surface area contributed by atoms with Crippen LogP contribution in [0, 0.1) is 0 Å². The van der Waals surface area contributed by atoms with E-state index in [4.69, 9.17) is 0 Å². The van der Waals surface area contributed by atoms with Gasteiger partial charge in [-0.05, 0) is 55.4 Å². The molecule has 1 aromatic carbocycles. The van der Waals surface area contributed by atoms with Crippen LogP contribution in [0.2, 0.25) is 0 Å². The van der Waals surface area contributed by atoms with Gasteiger partial charge in [0.15, 0.2) is 0 Å². The monoisotopic (exact) mass is 514 g/mol. The molecule has 0 bridgehead atoms. The number of benzene rings is 1. The number of unbranched alkanes of at least 4 members (excludes halogenated alkanes) is 21. The Bertz CT molecular complexity index is 554. The van der Waals surface area contributed by atoms with Gasteiger partial charge < -0.3 is 5.32 Å². The first-order chi connectivity index (χ1) is 18.3. The Balaban J connectivity index is 2.39. The number of hydrogen-bond donors (Lipinski definition) is 1. The summed E-state index contributed by atoms with van der Waals surface area (Å²) in [4.78, 5) is 0. The van der Waals surface area contributed by atoms with Crippen LogP contribution < -0.4 is 5.32 Å². The minimum atomic E-state index is 1.13. The summed E-state index contributed by atoms with van der Waals surface area (Å²) < 4.78 is 0. The topological polar surface area (TPSA) is 12.0 Å². The molecule has 0 atom stereocenters. The molecule has 0 fully saturated rings. The van der Waals surface area contributed by atoms with E-state index in [2.05, 4.69) is 44.3 Å². The van der Waals surface area contributed by atoms with Gasteiger partial charge in [0.25, 0.3) is 0 Å². The first kappa shape index (κ1) is 34.0. The second-order valence-corrected chi connectivity index (χ2v) is 11.9. The van der Waals surface area contributed by atoms with Gasteiger partial charge in [0.05, 0.1) is 0 Å². The molecule has 1 N–H and O–H groups in total. The van der Waals surface area contributed by atoms with Crippen LogP contribution in [-0.4, -0.2) is 6.54 Å². The highest BCUT2D eigenvalue weighted by atomic mass is 14.9. The molecule has 0 amide bonds. The number of nitrogens with one attached hydrogen (secondary N) is 1. The fourth-order valence-corrected chi connectivity index (χ4v) is 5.57. The highest BCUT2D eigenvalue weighted by Crippen LogP contribution is 2.21. The molecular formula is C36H67N. The Hall–Kier alpha value is -0.980. The van der Waals surface area contributed by atoms with Gasteiger partial charge in [-0.3, -0.25) is 0 Å². The maximum atomic E-state index is 3.80. The first-order valence-corrected chi connectivity index (χ1v) is 17.2. The first-order valence-electron chi connectivity index (χ1n) is 17.2. The molecule has 1 aromatic rings. The molecule has 0 aromatic heterocycles. The Morgan fingerprint density at radius 1 is 0.378 bits per heavy atom. The van der Waals surface area contributed by atoms with E-state index in [0.29, 0.717) is 0 Å². The third kappa shape index (κ3) is 21.6. The molecule has 1 nitrogen and oxygen atoms in total. The maximum Gasteiger partial charge on any atom is 0.0345 e. The highest BCUT2D eigenvalue weighted by Gasteiger charge is 2.03. The summed E-state index contributed by atoms with van der Waals surface area (Å²) in [5.41, 5.74) is 4.53. The Labute approximate surface area is 234 Å². The van der Waals surface area contributed by atoms with E-state index in [9.17, 15) is 0 Å². The fourth-order valence-electron chi connectivity index (χ4n) is 5.57. The molecule has 1 rings (SSSR count). The summed E-state index contributed by atoms with van der Waals surface area (Å²) in [5, 5.41) is 3.80. The third-order valence-corrected chi connectivity index (χ3v) is 8.05. The van der Waals surface area contributed by atoms with Crippen LogP contribution in [0.3, 0.4) is 0 Å². The van der Waals surface area contributed by atoms with E-state index in [1.807, 2.05) is 0 Å². The van der Waals surface area contributed by atoms with Crippen molar-refractivity contribution in [2.45, 2.75) is 188 Å². The van der Waals surface area contributed by atoms with E-state index in [1.165, 1.54) is 173 Å². The lowest BCUT2D eigenvalue weighted by Gasteiger charge is -2.13. The summed E-state index contributed by atoms with van der Waals surface area (Å²) in [6.07, 6.45) is 36.2. The SMILES string of the molecule is CCCCCCCCCCNc1cc(CCCCCCCCCC)cc(CCCCCCCCCC)c1. The van der Waals surface area contributed by atoms with Gasteiger partial charge in [0.1, 0.15) is 0 Å². The summed E-state index contributed by atoms with van der Waals surface area (Å²) in [6.45, 7) is 8.05. The summed E-state index contributed by atoms with van der Waals surface area (Å²) in [5.74, 6) is 0. The van der Waals surface area contributed by atoms with Crippen LogP contribution in [0.5, 0.6) is 0 Å². The molecule has 0 saturated carbocycles. The van der Waals surface area contributed by atoms with Crippen LogP contribution in [0.1, 0.15) is 186 Å². The molecule has 1 heteroatoms. The smallest absolute Gasteiger partial charge is 0.0345 e. The maximum absolute atomic E-state index is 3.80. The zero-order valence-electron chi connectivity index (χ0n) is 25.8. The second-order valence-electron chi connectivity index (χ2n) is 11.9. The third-order valence-electron chi connectivity index (χ3n) is 8.05. The molecule has 0 radical (unpaired) electrons. The van der Waals surface area contributed by atoms with Crippen molar-refractivity contribution in [1.29, 1.82) is 0 Å². The van der Waals surface area contributed by atoms with E-state index in [1.54, 1.807) is 11.1 Å². The van der Waals surface area contributed by atoms with Gasteiger partial charge in [-0.1, -0.05) is 162 Å². The predicted octanol–water partition coefficient (Wildman–Crippen LogP) is 12.6. The van der Waals surface area contributed by atoms with Crippen molar-refractivity contribution in [2.24, 2.45) is 0 Å². The standard InChI is InChI=1S/C36H67N/c1-4-7-10-13-16-19-22-25-28-34-31-35(29-26-23-20-17-14-11-8-5-2)33-36(32-34)37-30-27-24-21-18-15-12-9-6-3/h31-33,37H,4-30H2,1-3H3. The Kier molecular flexibility index (Phi) is 24.5. The molecule has 0 unspecified atom stereocenters. The van der Waals surface area contributed by atoms with Crippen molar-refractivity contribution in [2.75, 3.05) is 11.9 Å². The quantitative estimate of drug-likeness (QED) is 0.110. The molecule has 0 saturated heterocycles. The zero-order valence-corrected chi connectivity index (χ0v) is 25.8. The van der Waals surface area contributed by atoms with E-state index >= 15 is 0 Å². The molecular weight excluding hydrogens is 446 g/mol. The van der Waals surface area contributed by atoms with Gasteiger partial charge in [0, 0.05) is 12.2 Å². The molecule has 37 heavy (non-hydrogen) atoms. The van der Waals surface area contributed by atoms with Crippen molar-refractivity contribution in [3.05, 3.63) is 29.3 Å². The van der Waals surface area contributed by atoms with Crippen molar-refractivity contribution >= 4 is 5.69 Å². The molecule has 0 aliphatic carbocycles. The Morgan fingerprint density at radius 3 is 1.08 bits per heavy atom. The van der Waals surface area contributed by atoms with Gasteiger partial charge in [0.2, 0.25) is 0 Å². The van der Waals surface area contributed by atoms with Crippen molar-refractivity contribution in [1.82, 2.24) is 0 Å². The lowest BCUT2D eigenvalue weighted by atomic mass is 9.98. The van der Waals surface area contributed by atoms with Crippen LogP contribution in [-0.2, 0) is 12.8 Å². The van der Waals surface area contributed by atoms with Crippen LogP contribution in [0.15, 0.2) is 18.2 Å². The number of rotatable bonds is 28. The summed E-state index contributed by atoms with van der Waals surface area (Å²) >= 11 is 0. The zero-order chi connectivity index (χ0) is 26.7. The molecule has 0 spiro atoms. The largest absolute Gasteiger partial charge is 0.385 e. The minimum absolute atomic E-state index is 1.13. The average Bonchev–Trinajstić information content (AvgIpc) is 2.91. The van der Waals surface area contributed by atoms with Crippen LogP contribution >= 0.6 is 0 Å². The van der Waals surface area contributed by atoms with E-state index in [-0.39, 0.29) is 0 Å². The number of hydrogen-bond acceptors (Lipinski definition) is 1. The van der Waals surface area contributed by atoms with E-state index < -0.39 is 0 Å². The summed E-state index contributed by atoms with van der Waals surface area (Å²) in [6, 6.07) is 7.45. The van der Waals surface area contributed by atoms with Crippen LogP contribution in [0.25, 0.3) is 0 Å².